The molecule has 0 radical (unpaired) electrons. The van der Waals surface area contributed by atoms with Gasteiger partial charge in [-0.15, -0.1) is 0 Å². The van der Waals surface area contributed by atoms with Crippen LogP contribution in [0.2, 0.25) is 0 Å². The van der Waals surface area contributed by atoms with Gasteiger partial charge in [0.1, 0.15) is 0 Å². The predicted molar refractivity (Wildman–Crippen MR) is 68.1 cm³/mol. The first-order valence-electron chi connectivity index (χ1n) is 6.23. The minimum atomic E-state index is -0.0384. The first-order chi connectivity index (χ1) is 8.09. The van der Waals surface area contributed by atoms with Crippen molar-refractivity contribution in [1.29, 1.82) is 0 Å². The summed E-state index contributed by atoms with van der Waals surface area (Å²) in [6.45, 7) is 6.86. The summed E-state index contributed by atoms with van der Waals surface area (Å²) in [5.74, 6) is 0.263. The zero-order chi connectivity index (χ0) is 12.0. The number of benzene rings is 1. The second kappa shape index (κ2) is 3.57. The summed E-state index contributed by atoms with van der Waals surface area (Å²) in [7, 11) is 0. The summed E-state index contributed by atoms with van der Waals surface area (Å²) in [5.41, 5.74) is 3.70. The Morgan fingerprint density at radius 1 is 1.35 bits per heavy atom. The van der Waals surface area contributed by atoms with E-state index in [1.54, 1.807) is 0 Å². The molecule has 0 fully saturated rings. The normalized spacial score (nSPS) is 22.0. The molecule has 0 aromatic heterocycles. The van der Waals surface area contributed by atoms with Gasteiger partial charge in [0, 0.05) is 31.5 Å². The monoisotopic (exact) mass is 230 g/mol. The average Bonchev–Trinajstić information content (AvgIpc) is 2.48. The van der Waals surface area contributed by atoms with Crippen LogP contribution in [0.25, 0.3) is 0 Å². The minimum Gasteiger partial charge on any atom is -0.311 e. The zero-order valence-electron chi connectivity index (χ0n) is 10.4. The molecule has 3 heteroatoms. The fourth-order valence-electron chi connectivity index (χ4n) is 2.94. The topological polar surface area (TPSA) is 32.3 Å². The van der Waals surface area contributed by atoms with Gasteiger partial charge in [-0.2, -0.15) is 0 Å². The summed E-state index contributed by atoms with van der Waals surface area (Å²) in [6, 6.07) is 6.40. The van der Waals surface area contributed by atoms with Crippen LogP contribution in [0.4, 0.5) is 5.69 Å². The largest absolute Gasteiger partial charge is 0.311 e. The molecule has 17 heavy (non-hydrogen) atoms. The summed E-state index contributed by atoms with van der Waals surface area (Å²) in [5, 5.41) is 3.38. The zero-order valence-corrected chi connectivity index (χ0v) is 10.4. The van der Waals surface area contributed by atoms with Crippen molar-refractivity contribution >= 4 is 11.6 Å². The number of hydrogen-bond acceptors (Lipinski definition) is 2. The number of carbonyl (C=O) groups is 1. The summed E-state index contributed by atoms with van der Waals surface area (Å²) in [4.78, 5) is 14.2. The van der Waals surface area contributed by atoms with Gasteiger partial charge in [-0.1, -0.05) is 32.0 Å². The number of rotatable bonds is 0. The van der Waals surface area contributed by atoms with Crippen LogP contribution in [0.15, 0.2) is 18.2 Å². The number of nitrogens with one attached hydrogen (secondary N) is 1. The van der Waals surface area contributed by atoms with Crippen LogP contribution in [-0.4, -0.2) is 19.0 Å². The van der Waals surface area contributed by atoms with E-state index in [1.165, 1.54) is 16.8 Å². The predicted octanol–water partition coefficient (Wildman–Crippen LogP) is 1.80. The van der Waals surface area contributed by atoms with Crippen LogP contribution in [0.5, 0.6) is 0 Å². The molecule has 0 saturated carbocycles. The maximum absolute atomic E-state index is 12.2. The molecule has 0 saturated heterocycles. The number of nitrogens with zero attached hydrogens (tertiary/aromatic N) is 1. The van der Waals surface area contributed by atoms with E-state index < -0.39 is 0 Å². The van der Waals surface area contributed by atoms with E-state index in [0.29, 0.717) is 6.42 Å². The summed E-state index contributed by atoms with van der Waals surface area (Å²) >= 11 is 0. The lowest BCUT2D eigenvalue weighted by molar-refractivity contribution is -0.120. The minimum absolute atomic E-state index is 0.0384. The van der Waals surface area contributed by atoms with Gasteiger partial charge in [-0.25, -0.2) is 0 Å². The van der Waals surface area contributed by atoms with Gasteiger partial charge in [0.15, 0.2) is 0 Å². The van der Waals surface area contributed by atoms with Gasteiger partial charge < -0.3 is 10.2 Å². The first kappa shape index (κ1) is 10.8. The molecule has 2 heterocycles. The van der Waals surface area contributed by atoms with E-state index in [2.05, 4.69) is 37.4 Å². The molecule has 0 aliphatic carbocycles. The van der Waals surface area contributed by atoms with Crippen LogP contribution in [-0.2, 0) is 16.8 Å². The Kier molecular flexibility index (Phi) is 2.26. The molecule has 1 aromatic rings. The number of carbonyl (C=O) groups excluding carboxylic acids is 1. The van der Waals surface area contributed by atoms with E-state index in [9.17, 15) is 4.79 Å². The van der Waals surface area contributed by atoms with E-state index >= 15 is 0 Å². The molecule has 0 bridgehead atoms. The second-order valence-corrected chi connectivity index (χ2v) is 5.60. The molecule has 0 atom stereocenters. The quantitative estimate of drug-likeness (QED) is 0.737. The van der Waals surface area contributed by atoms with Crippen molar-refractivity contribution in [3.8, 4) is 0 Å². The van der Waals surface area contributed by atoms with Crippen molar-refractivity contribution in [2.75, 3.05) is 18.0 Å². The van der Waals surface area contributed by atoms with E-state index in [0.717, 1.165) is 19.6 Å². The molecule has 3 rings (SSSR count). The second-order valence-electron chi connectivity index (χ2n) is 5.60. The Labute approximate surface area is 102 Å². The van der Waals surface area contributed by atoms with Crippen LogP contribution in [0.3, 0.4) is 0 Å². The molecule has 1 aromatic carbocycles. The Balaban J connectivity index is 2.25. The standard InChI is InChI=1S/C14H18N2O/c1-14(2)8-12(17)16-7-6-15-9-10-4-3-5-11(14)13(10)16/h3-5,15H,6-9H2,1-2H3. The molecule has 0 unspecified atom stereocenters. The maximum atomic E-state index is 12.2. The summed E-state index contributed by atoms with van der Waals surface area (Å²) in [6.07, 6.45) is 0.615. The molecular weight excluding hydrogens is 212 g/mol. The molecule has 2 aliphatic rings. The Morgan fingerprint density at radius 3 is 3.00 bits per heavy atom. The summed E-state index contributed by atoms with van der Waals surface area (Å²) < 4.78 is 0. The highest BCUT2D eigenvalue weighted by Crippen LogP contribution is 2.42. The van der Waals surface area contributed by atoms with Gasteiger partial charge in [0.05, 0.1) is 5.69 Å². The Bertz CT molecular complexity index is 479. The molecule has 1 amide bonds. The van der Waals surface area contributed by atoms with Crippen LogP contribution >= 0.6 is 0 Å². The SMILES string of the molecule is CC1(C)CC(=O)N2CCNCc3cccc1c32. The Morgan fingerprint density at radius 2 is 2.18 bits per heavy atom. The highest BCUT2D eigenvalue weighted by atomic mass is 16.2. The number of para-hydroxylation sites is 1. The third kappa shape index (κ3) is 1.57. The van der Waals surface area contributed by atoms with Crippen molar-refractivity contribution in [1.82, 2.24) is 5.32 Å². The van der Waals surface area contributed by atoms with E-state index in [-0.39, 0.29) is 11.3 Å². The van der Waals surface area contributed by atoms with Gasteiger partial charge in [0.25, 0.3) is 0 Å². The van der Waals surface area contributed by atoms with Crippen LogP contribution in [0.1, 0.15) is 31.4 Å². The van der Waals surface area contributed by atoms with E-state index in [1.807, 2.05) is 4.90 Å². The van der Waals surface area contributed by atoms with Crippen molar-refractivity contribution in [3.63, 3.8) is 0 Å². The van der Waals surface area contributed by atoms with Crippen molar-refractivity contribution in [2.45, 2.75) is 32.2 Å². The van der Waals surface area contributed by atoms with Gasteiger partial charge in [-0.05, 0) is 11.1 Å². The van der Waals surface area contributed by atoms with Crippen molar-refractivity contribution in [2.24, 2.45) is 0 Å². The van der Waals surface area contributed by atoms with Gasteiger partial charge >= 0.3 is 0 Å². The van der Waals surface area contributed by atoms with Crippen LogP contribution < -0.4 is 10.2 Å². The molecule has 90 valence electrons. The lowest BCUT2D eigenvalue weighted by Gasteiger charge is -2.39. The molecule has 0 spiro atoms. The lowest BCUT2D eigenvalue weighted by atomic mass is 9.76. The van der Waals surface area contributed by atoms with Crippen molar-refractivity contribution in [3.05, 3.63) is 29.3 Å². The third-order valence-electron chi connectivity index (χ3n) is 3.84. The van der Waals surface area contributed by atoms with Gasteiger partial charge in [0.2, 0.25) is 5.91 Å². The molecule has 1 N–H and O–H groups in total. The fourth-order valence-corrected chi connectivity index (χ4v) is 2.94. The van der Waals surface area contributed by atoms with E-state index in [4.69, 9.17) is 0 Å². The number of anilines is 1. The van der Waals surface area contributed by atoms with Crippen LogP contribution in [0, 0.1) is 0 Å². The molecule has 3 nitrogen and oxygen atoms in total. The molecule has 2 aliphatic heterocycles. The molecular formula is C14H18N2O. The number of amides is 1. The lowest BCUT2D eigenvalue weighted by Crippen LogP contribution is -2.43. The van der Waals surface area contributed by atoms with Gasteiger partial charge in [-0.3, -0.25) is 4.79 Å². The average molecular weight is 230 g/mol. The smallest absolute Gasteiger partial charge is 0.227 e. The fraction of sp³-hybridized carbons (Fsp3) is 0.500. The highest BCUT2D eigenvalue weighted by molar-refractivity contribution is 5.98. The first-order valence-corrected chi connectivity index (χ1v) is 6.23. The van der Waals surface area contributed by atoms with Crippen molar-refractivity contribution < 1.29 is 4.79 Å². The highest BCUT2D eigenvalue weighted by Gasteiger charge is 2.38. The third-order valence-corrected chi connectivity index (χ3v) is 3.84. The number of hydrogen-bond donors (Lipinski definition) is 1. The maximum Gasteiger partial charge on any atom is 0.227 e. The Hall–Kier alpha value is -1.35.